The Kier molecular flexibility index (Phi) is 6.81. The molecule has 2 fully saturated rings. The van der Waals surface area contributed by atoms with E-state index in [0.717, 1.165) is 26.2 Å². The van der Waals surface area contributed by atoms with Crippen LogP contribution in [0.15, 0.2) is 67.3 Å². The highest BCUT2D eigenvalue weighted by molar-refractivity contribution is 5.64. The average molecular weight is 443 g/mol. The van der Waals surface area contributed by atoms with Gasteiger partial charge in [-0.15, -0.1) is 0 Å². The standard InChI is InChI=1S/C28H34N4O/c1-21-6-5-7-25(14-21)23-8-10-24(11-9-23)28-26-18-31(17-22-15-29-20-30-16-22)12-3-4-13-32(26)27(28)19-33-2/h5-11,14-16,20,26-28H,3-4,12-13,17-19H2,1-2H3/t26-,27+,28-/m0/s1. The lowest BCUT2D eigenvalue weighted by Crippen LogP contribution is -2.67. The van der Waals surface area contributed by atoms with Crippen LogP contribution in [0.1, 0.15) is 35.4 Å². The topological polar surface area (TPSA) is 41.5 Å². The Morgan fingerprint density at radius 1 is 0.970 bits per heavy atom. The highest BCUT2D eigenvalue weighted by Gasteiger charge is 2.49. The zero-order valence-corrected chi connectivity index (χ0v) is 19.7. The summed E-state index contributed by atoms with van der Waals surface area (Å²) in [7, 11) is 1.83. The molecule has 0 saturated carbocycles. The van der Waals surface area contributed by atoms with Crippen LogP contribution in [0.25, 0.3) is 11.1 Å². The fourth-order valence-corrected chi connectivity index (χ4v) is 5.70. The minimum Gasteiger partial charge on any atom is -0.383 e. The Balaban J connectivity index is 1.37. The molecule has 2 aliphatic heterocycles. The first-order valence-corrected chi connectivity index (χ1v) is 12.1. The first-order chi connectivity index (χ1) is 16.2. The van der Waals surface area contributed by atoms with Gasteiger partial charge in [0.05, 0.1) is 6.61 Å². The molecule has 0 spiro atoms. The number of ether oxygens (including phenoxy) is 1. The monoisotopic (exact) mass is 442 g/mol. The minimum absolute atomic E-state index is 0.449. The smallest absolute Gasteiger partial charge is 0.115 e. The highest BCUT2D eigenvalue weighted by Crippen LogP contribution is 2.42. The largest absolute Gasteiger partial charge is 0.383 e. The van der Waals surface area contributed by atoms with Crippen LogP contribution in [0.3, 0.4) is 0 Å². The summed E-state index contributed by atoms with van der Waals surface area (Å²) < 4.78 is 5.68. The second-order valence-corrected chi connectivity index (χ2v) is 9.53. The predicted octanol–water partition coefficient (Wildman–Crippen LogP) is 4.53. The maximum absolute atomic E-state index is 5.68. The van der Waals surface area contributed by atoms with E-state index >= 15 is 0 Å². The lowest BCUT2D eigenvalue weighted by molar-refractivity contribution is -0.0726. The summed E-state index contributed by atoms with van der Waals surface area (Å²) in [5.41, 5.74) is 6.48. The van der Waals surface area contributed by atoms with E-state index in [2.05, 4.69) is 75.2 Å². The van der Waals surface area contributed by atoms with Crippen LogP contribution in [0.5, 0.6) is 0 Å². The van der Waals surface area contributed by atoms with E-state index in [1.165, 1.54) is 47.2 Å². The number of aryl methyl sites for hydroxylation is 1. The second kappa shape index (κ2) is 10.1. The molecule has 3 heterocycles. The first-order valence-electron chi connectivity index (χ1n) is 12.1. The molecule has 0 bridgehead atoms. The minimum atomic E-state index is 0.449. The first kappa shape index (κ1) is 22.2. The molecule has 5 heteroatoms. The van der Waals surface area contributed by atoms with E-state index in [9.17, 15) is 0 Å². The van der Waals surface area contributed by atoms with Gasteiger partial charge >= 0.3 is 0 Å². The molecule has 5 rings (SSSR count). The summed E-state index contributed by atoms with van der Waals surface area (Å²) in [6, 6.07) is 19.0. The van der Waals surface area contributed by atoms with Gasteiger partial charge < -0.3 is 4.74 Å². The van der Waals surface area contributed by atoms with Gasteiger partial charge in [0.25, 0.3) is 0 Å². The number of hydrogen-bond donors (Lipinski definition) is 0. The van der Waals surface area contributed by atoms with E-state index in [0.29, 0.717) is 18.0 Å². The molecule has 2 aliphatic rings. The van der Waals surface area contributed by atoms with E-state index < -0.39 is 0 Å². The van der Waals surface area contributed by atoms with Crippen LogP contribution < -0.4 is 0 Å². The van der Waals surface area contributed by atoms with Crippen molar-refractivity contribution >= 4 is 0 Å². The SMILES string of the molecule is COC[C@@H]1[C@@H](c2ccc(-c3cccc(C)c3)cc2)[C@@H]2CN(Cc3cncnc3)CCCCN12. The number of aromatic nitrogens is 2. The Labute approximate surface area is 197 Å². The van der Waals surface area contributed by atoms with Gasteiger partial charge in [0.2, 0.25) is 0 Å². The van der Waals surface area contributed by atoms with Crippen molar-refractivity contribution < 1.29 is 4.74 Å². The van der Waals surface area contributed by atoms with Gasteiger partial charge in [-0.25, -0.2) is 9.97 Å². The summed E-state index contributed by atoms with van der Waals surface area (Å²) in [4.78, 5) is 13.7. The maximum atomic E-state index is 5.68. The normalized spacial score (nSPS) is 23.9. The van der Waals surface area contributed by atoms with Crippen molar-refractivity contribution in [2.45, 2.75) is 44.3 Å². The lowest BCUT2D eigenvalue weighted by atomic mass is 9.74. The van der Waals surface area contributed by atoms with Crippen molar-refractivity contribution in [2.24, 2.45) is 0 Å². The highest BCUT2D eigenvalue weighted by atomic mass is 16.5. The van der Waals surface area contributed by atoms with Gasteiger partial charge in [-0.2, -0.15) is 0 Å². The molecule has 3 atom stereocenters. The van der Waals surface area contributed by atoms with Crippen molar-refractivity contribution in [1.82, 2.24) is 19.8 Å². The van der Waals surface area contributed by atoms with Gasteiger partial charge in [-0.05, 0) is 49.5 Å². The Bertz CT molecular complexity index is 1040. The molecule has 2 saturated heterocycles. The second-order valence-electron chi connectivity index (χ2n) is 9.53. The van der Waals surface area contributed by atoms with E-state index in [1.54, 1.807) is 6.33 Å². The molecule has 172 valence electrons. The number of rotatable bonds is 6. The van der Waals surface area contributed by atoms with Gasteiger partial charge in [-0.1, -0.05) is 54.1 Å². The summed E-state index contributed by atoms with van der Waals surface area (Å²) >= 11 is 0. The average Bonchev–Trinajstić information content (AvgIpc) is 2.83. The third kappa shape index (κ3) is 4.86. The third-order valence-electron chi connectivity index (χ3n) is 7.27. The quantitative estimate of drug-likeness (QED) is 0.561. The number of methoxy groups -OCH3 is 1. The molecule has 0 N–H and O–H groups in total. The molecule has 0 amide bonds. The Hall–Kier alpha value is -2.60. The van der Waals surface area contributed by atoms with Crippen molar-refractivity contribution in [3.63, 3.8) is 0 Å². The Morgan fingerprint density at radius 3 is 2.52 bits per heavy atom. The molecular formula is C28H34N4O. The third-order valence-corrected chi connectivity index (χ3v) is 7.27. The molecule has 1 aromatic heterocycles. The van der Waals surface area contributed by atoms with Crippen LogP contribution in [-0.2, 0) is 11.3 Å². The fraction of sp³-hybridized carbons (Fsp3) is 0.429. The summed E-state index contributed by atoms with van der Waals surface area (Å²) in [5.74, 6) is 0.490. The van der Waals surface area contributed by atoms with Crippen LogP contribution in [-0.4, -0.2) is 65.2 Å². The molecule has 0 aliphatic carbocycles. The van der Waals surface area contributed by atoms with E-state index in [-0.39, 0.29) is 0 Å². The molecule has 3 aromatic rings. The van der Waals surface area contributed by atoms with E-state index in [4.69, 9.17) is 4.74 Å². The Morgan fingerprint density at radius 2 is 1.76 bits per heavy atom. The predicted molar refractivity (Wildman–Crippen MR) is 132 cm³/mol. The van der Waals surface area contributed by atoms with Crippen LogP contribution in [0, 0.1) is 6.92 Å². The van der Waals surface area contributed by atoms with Crippen molar-refractivity contribution in [3.8, 4) is 11.1 Å². The van der Waals surface area contributed by atoms with Gasteiger partial charge in [0, 0.05) is 56.2 Å². The zero-order valence-electron chi connectivity index (χ0n) is 19.7. The fourth-order valence-electron chi connectivity index (χ4n) is 5.70. The summed E-state index contributed by atoms with van der Waals surface area (Å²) in [6.45, 7) is 7.22. The van der Waals surface area contributed by atoms with Gasteiger partial charge in [-0.3, -0.25) is 9.80 Å². The number of benzene rings is 2. The lowest BCUT2D eigenvalue weighted by Gasteiger charge is -2.57. The van der Waals surface area contributed by atoms with Crippen LogP contribution >= 0.6 is 0 Å². The molecule has 33 heavy (non-hydrogen) atoms. The van der Waals surface area contributed by atoms with Gasteiger partial charge in [0.1, 0.15) is 6.33 Å². The maximum Gasteiger partial charge on any atom is 0.115 e. The molecule has 2 aromatic carbocycles. The van der Waals surface area contributed by atoms with E-state index in [1.807, 2.05) is 19.5 Å². The van der Waals surface area contributed by atoms with Crippen LogP contribution in [0.4, 0.5) is 0 Å². The molecule has 5 nitrogen and oxygen atoms in total. The van der Waals surface area contributed by atoms with Crippen molar-refractivity contribution in [2.75, 3.05) is 33.4 Å². The number of nitrogens with zero attached hydrogens (tertiary/aromatic N) is 4. The number of hydrogen-bond acceptors (Lipinski definition) is 5. The van der Waals surface area contributed by atoms with Crippen molar-refractivity contribution in [3.05, 3.63) is 83.9 Å². The number of fused-ring (bicyclic) bond motifs is 1. The summed E-state index contributed by atoms with van der Waals surface area (Å²) in [6.07, 6.45) is 7.96. The molecule has 0 radical (unpaired) electrons. The molecule has 0 unspecified atom stereocenters. The summed E-state index contributed by atoms with van der Waals surface area (Å²) in [5, 5.41) is 0. The molecular weight excluding hydrogens is 408 g/mol. The van der Waals surface area contributed by atoms with Crippen molar-refractivity contribution in [1.29, 1.82) is 0 Å². The van der Waals surface area contributed by atoms with Crippen LogP contribution in [0.2, 0.25) is 0 Å². The van der Waals surface area contributed by atoms with Gasteiger partial charge in [0.15, 0.2) is 0 Å². The zero-order chi connectivity index (χ0) is 22.6.